The summed E-state index contributed by atoms with van der Waals surface area (Å²) in [4.78, 5) is 0. The number of hydrogen-bond donors (Lipinski definition) is 2. The van der Waals surface area contributed by atoms with Gasteiger partial charge in [0.15, 0.2) is 0 Å². The number of aliphatic hydroxyl groups excluding tert-OH is 1. The fraction of sp³-hybridized carbons (Fsp3) is 0.571. The Kier molecular flexibility index (Phi) is 4.30. The van der Waals surface area contributed by atoms with Gasteiger partial charge >= 0.3 is 0 Å². The molecule has 1 fully saturated rings. The first-order valence-corrected chi connectivity index (χ1v) is 6.45. The van der Waals surface area contributed by atoms with Crippen molar-refractivity contribution in [1.82, 2.24) is 5.32 Å². The van der Waals surface area contributed by atoms with Crippen LogP contribution < -0.4 is 5.32 Å². The molecule has 1 aromatic rings. The molecule has 3 atom stereocenters. The van der Waals surface area contributed by atoms with E-state index in [2.05, 4.69) is 12.2 Å². The molecule has 0 bridgehead atoms. The van der Waals surface area contributed by atoms with E-state index >= 15 is 0 Å². The molecule has 1 saturated heterocycles. The molecule has 0 amide bonds. The topological polar surface area (TPSA) is 32.3 Å². The van der Waals surface area contributed by atoms with Gasteiger partial charge in [-0.15, -0.1) is 0 Å². The Morgan fingerprint density at radius 2 is 2.17 bits per heavy atom. The second-order valence-electron chi connectivity index (χ2n) is 5.11. The summed E-state index contributed by atoms with van der Waals surface area (Å²) in [5.41, 5.74) is 0.0510. The van der Waals surface area contributed by atoms with Gasteiger partial charge in [0.05, 0.1) is 6.10 Å². The van der Waals surface area contributed by atoms with Crippen molar-refractivity contribution >= 4 is 0 Å². The maximum atomic E-state index is 13.5. The average molecular weight is 255 g/mol. The highest BCUT2D eigenvalue weighted by Gasteiger charge is 2.23. The zero-order chi connectivity index (χ0) is 13.1. The van der Waals surface area contributed by atoms with E-state index in [0.717, 1.165) is 37.5 Å². The number of nitrogens with one attached hydrogen (secondary N) is 1. The summed E-state index contributed by atoms with van der Waals surface area (Å²) in [6, 6.07) is 3.79. The maximum Gasteiger partial charge on any atom is 0.129 e. The summed E-state index contributed by atoms with van der Waals surface area (Å²) in [7, 11) is 0. The number of benzene rings is 1. The van der Waals surface area contributed by atoms with Gasteiger partial charge in [-0.05, 0) is 44.4 Å². The minimum absolute atomic E-state index is 0.0510. The Labute approximate surface area is 106 Å². The molecular formula is C14H19F2NO. The highest BCUT2D eigenvalue weighted by molar-refractivity contribution is 5.21. The summed E-state index contributed by atoms with van der Waals surface area (Å²) >= 11 is 0. The van der Waals surface area contributed by atoms with Crippen molar-refractivity contribution in [3.63, 3.8) is 0 Å². The molecule has 2 N–H and O–H groups in total. The molecule has 1 aliphatic rings. The van der Waals surface area contributed by atoms with Crippen LogP contribution in [0.5, 0.6) is 0 Å². The molecule has 1 aliphatic heterocycles. The number of hydrogen-bond acceptors (Lipinski definition) is 2. The van der Waals surface area contributed by atoms with Crippen molar-refractivity contribution < 1.29 is 13.9 Å². The van der Waals surface area contributed by atoms with Crippen LogP contribution in [0, 0.1) is 11.6 Å². The van der Waals surface area contributed by atoms with E-state index in [1.54, 1.807) is 0 Å². The molecule has 0 spiro atoms. The molecule has 3 unspecified atom stereocenters. The lowest BCUT2D eigenvalue weighted by Crippen LogP contribution is -2.41. The molecule has 0 aliphatic carbocycles. The molecule has 0 saturated carbocycles. The molecular weight excluding hydrogens is 236 g/mol. The average Bonchev–Trinajstić information content (AvgIpc) is 2.32. The van der Waals surface area contributed by atoms with Gasteiger partial charge in [0.25, 0.3) is 0 Å². The van der Waals surface area contributed by atoms with Gasteiger partial charge in [0, 0.05) is 17.6 Å². The molecule has 18 heavy (non-hydrogen) atoms. The highest BCUT2D eigenvalue weighted by Crippen LogP contribution is 2.25. The number of halogens is 2. The van der Waals surface area contributed by atoms with Crippen LogP contribution in [0.15, 0.2) is 18.2 Å². The number of rotatable bonds is 3. The molecule has 4 heteroatoms. The van der Waals surface area contributed by atoms with Crippen LogP contribution in [0.25, 0.3) is 0 Å². The third-order valence-electron chi connectivity index (χ3n) is 3.53. The first kappa shape index (κ1) is 13.4. The van der Waals surface area contributed by atoms with Crippen molar-refractivity contribution in [2.45, 2.75) is 50.8 Å². The van der Waals surface area contributed by atoms with E-state index in [1.807, 2.05) is 0 Å². The van der Waals surface area contributed by atoms with Crippen molar-refractivity contribution in [2.75, 3.05) is 0 Å². The first-order valence-electron chi connectivity index (χ1n) is 6.45. The van der Waals surface area contributed by atoms with Gasteiger partial charge in [-0.2, -0.15) is 0 Å². The van der Waals surface area contributed by atoms with Crippen molar-refractivity contribution in [2.24, 2.45) is 0 Å². The third kappa shape index (κ3) is 3.27. The molecule has 1 aromatic carbocycles. The predicted molar refractivity (Wildman–Crippen MR) is 66.2 cm³/mol. The highest BCUT2D eigenvalue weighted by atomic mass is 19.1. The minimum atomic E-state index is -0.955. The van der Waals surface area contributed by atoms with Crippen LogP contribution in [-0.2, 0) is 0 Å². The quantitative estimate of drug-likeness (QED) is 0.870. The summed E-state index contributed by atoms with van der Waals surface area (Å²) in [5.74, 6) is -1.07. The Balaban J connectivity index is 2.02. The van der Waals surface area contributed by atoms with Gasteiger partial charge in [-0.3, -0.25) is 0 Å². The minimum Gasteiger partial charge on any atom is -0.388 e. The van der Waals surface area contributed by atoms with Crippen molar-refractivity contribution in [3.8, 4) is 0 Å². The zero-order valence-corrected chi connectivity index (χ0v) is 10.5. The van der Waals surface area contributed by atoms with Gasteiger partial charge in [0.2, 0.25) is 0 Å². The summed E-state index contributed by atoms with van der Waals surface area (Å²) in [6.45, 7) is 2.10. The van der Waals surface area contributed by atoms with E-state index in [0.29, 0.717) is 12.5 Å². The van der Waals surface area contributed by atoms with Gasteiger partial charge < -0.3 is 10.4 Å². The fourth-order valence-corrected chi connectivity index (χ4v) is 2.59. The van der Waals surface area contributed by atoms with Crippen LogP contribution in [0.3, 0.4) is 0 Å². The molecule has 2 nitrogen and oxygen atoms in total. The SMILES string of the molecule is CC1CCCC(CC(O)c2cc(F)ccc2F)N1. The van der Waals surface area contributed by atoms with Gasteiger partial charge in [-0.1, -0.05) is 6.42 Å². The summed E-state index contributed by atoms with van der Waals surface area (Å²) in [5, 5.41) is 13.4. The third-order valence-corrected chi connectivity index (χ3v) is 3.53. The second kappa shape index (κ2) is 5.76. The molecule has 2 rings (SSSR count). The Bertz CT molecular complexity index is 411. The normalized spacial score (nSPS) is 26.0. The van der Waals surface area contributed by atoms with Crippen LogP contribution in [0.1, 0.15) is 44.3 Å². The van der Waals surface area contributed by atoms with E-state index in [-0.39, 0.29) is 11.6 Å². The lowest BCUT2D eigenvalue weighted by molar-refractivity contribution is 0.135. The number of piperidine rings is 1. The van der Waals surface area contributed by atoms with Crippen LogP contribution in [-0.4, -0.2) is 17.2 Å². The van der Waals surface area contributed by atoms with Crippen molar-refractivity contribution in [3.05, 3.63) is 35.4 Å². The first-order chi connectivity index (χ1) is 8.56. The monoisotopic (exact) mass is 255 g/mol. The van der Waals surface area contributed by atoms with Crippen LogP contribution >= 0.6 is 0 Å². The number of aliphatic hydroxyl groups is 1. The lowest BCUT2D eigenvalue weighted by atomic mass is 9.93. The van der Waals surface area contributed by atoms with Gasteiger partial charge in [-0.25, -0.2) is 8.78 Å². The van der Waals surface area contributed by atoms with Crippen LogP contribution in [0.4, 0.5) is 8.78 Å². The molecule has 0 aromatic heterocycles. The van der Waals surface area contributed by atoms with E-state index < -0.39 is 17.7 Å². The molecule has 100 valence electrons. The largest absolute Gasteiger partial charge is 0.388 e. The van der Waals surface area contributed by atoms with E-state index in [4.69, 9.17) is 0 Å². The predicted octanol–water partition coefficient (Wildman–Crippen LogP) is 2.92. The standard InChI is InChI=1S/C14H19F2NO/c1-9-3-2-4-11(17-9)8-14(18)12-7-10(15)5-6-13(12)16/h5-7,9,11,14,17-18H,2-4,8H2,1H3. The van der Waals surface area contributed by atoms with E-state index in [9.17, 15) is 13.9 Å². The lowest BCUT2D eigenvalue weighted by Gasteiger charge is -2.30. The Morgan fingerprint density at radius 3 is 2.89 bits per heavy atom. The Morgan fingerprint density at radius 1 is 1.39 bits per heavy atom. The summed E-state index contributed by atoms with van der Waals surface area (Å²) in [6.07, 6.45) is 2.67. The van der Waals surface area contributed by atoms with Crippen LogP contribution in [0.2, 0.25) is 0 Å². The smallest absolute Gasteiger partial charge is 0.129 e. The zero-order valence-electron chi connectivity index (χ0n) is 10.5. The fourth-order valence-electron chi connectivity index (χ4n) is 2.59. The molecule has 0 radical (unpaired) electrons. The Hall–Kier alpha value is -1.00. The van der Waals surface area contributed by atoms with E-state index in [1.165, 1.54) is 0 Å². The van der Waals surface area contributed by atoms with Gasteiger partial charge in [0.1, 0.15) is 11.6 Å². The second-order valence-corrected chi connectivity index (χ2v) is 5.11. The van der Waals surface area contributed by atoms with Crippen molar-refractivity contribution in [1.29, 1.82) is 0 Å². The summed E-state index contributed by atoms with van der Waals surface area (Å²) < 4.78 is 26.6. The molecule has 1 heterocycles. The maximum absolute atomic E-state index is 13.5.